The lowest BCUT2D eigenvalue weighted by Crippen LogP contribution is -2.45. The Balaban J connectivity index is 2.04. The van der Waals surface area contributed by atoms with Crippen LogP contribution < -0.4 is 0 Å². The molecule has 0 saturated carbocycles. The maximum absolute atomic E-state index is 6.47. The van der Waals surface area contributed by atoms with Crippen LogP contribution in [0.15, 0.2) is 0 Å². The van der Waals surface area contributed by atoms with Gasteiger partial charge in [-0.1, -0.05) is 0 Å². The van der Waals surface area contributed by atoms with E-state index in [0.717, 1.165) is 6.42 Å². The Morgan fingerprint density at radius 2 is 1.74 bits per heavy atom. The van der Waals surface area contributed by atoms with Gasteiger partial charge in [0, 0.05) is 13.7 Å². The van der Waals surface area contributed by atoms with Gasteiger partial charge < -0.3 is 33.2 Å². The van der Waals surface area contributed by atoms with Gasteiger partial charge in [-0.2, -0.15) is 0 Å². The number of ether oxygens (including phenoxy) is 7. The molecule has 27 heavy (non-hydrogen) atoms. The van der Waals surface area contributed by atoms with Crippen LogP contribution in [0, 0.1) is 0 Å². The number of rotatable bonds is 10. The standard InChI is InChI=1S/C20H38O7/c1-13(2)22-11-10-18(3,4)25-15-14(12-23-19(5,6)21-9)24-17-16(15)26-20(7,8)27-17/h13-17H,10-12H2,1-9H3. The summed E-state index contributed by atoms with van der Waals surface area (Å²) in [4.78, 5) is 0. The molecule has 160 valence electrons. The molecular formula is C20H38O7. The first-order valence-electron chi connectivity index (χ1n) is 9.84. The molecule has 0 aromatic heterocycles. The largest absolute Gasteiger partial charge is 0.379 e. The fourth-order valence-electron chi connectivity index (χ4n) is 3.13. The second-order valence-electron chi connectivity index (χ2n) is 9.07. The monoisotopic (exact) mass is 390 g/mol. The summed E-state index contributed by atoms with van der Waals surface area (Å²) in [6.07, 6.45) is -0.420. The van der Waals surface area contributed by atoms with E-state index >= 15 is 0 Å². The molecule has 7 heteroatoms. The first-order valence-corrected chi connectivity index (χ1v) is 9.84. The number of hydrogen-bond acceptors (Lipinski definition) is 7. The first-order chi connectivity index (χ1) is 12.3. The van der Waals surface area contributed by atoms with E-state index in [4.69, 9.17) is 33.2 Å². The lowest BCUT2D eigenvalue weighted by molar-refractivity contribution is -0.255. The van der Waals surface area contributed by atoms with Crippen molar-refractivity contribution >= 4 is 0 Å². The zero-order valence-electron chi connectivity index (χ0n) is 18.4. The molecule has 2 aliphatic heterocycles. The molecule has 2 heterocycles. The van der Waals surface area contributed by atoms with Crippen LogP contribution in [0.25, 0.3) is 0 Å². The van der Waals surface area contributed by atoms with Crippen molar-refractivity contribution in [2.45, 2.75) is 110 Å². The molecule has 0 amide bonds. The van der Waals surface area contributed by atoms with Crippen molar-refractivity contribution in [3.63, 3.8) is 0 Å². The maximum atomic E-state index is 6.47. The minimum atomic E-state index is -0.701. The van der Waals surface area contributed by atoms with Crippen molar-refractivity contribution in [2.75, 3.05) is 20.3 Å². The molecular weight excluding hydrogens is 352 g/mol. The maximum Gasteiger partial charge on any atom is 0.190 e. The molecule has 0 spiro atoms. The van der Waals surface area contributed by atoms with E-state index in [1.165, 1.54) is 0 Å². The van der Waals surface area contributed by atoms with Gasteiger partial charge in [-0.15, -0.1) is 0 Å². The van der Waals surface area contributed by atoms with Gasteiger partial charge in [0.05, 0.1) is 18.3 Å². The summed E-state index contributed by atoms with van der Waals surface area (Å²) in [5.41, 5.74) is -0.400. The molecule has 2 saturated heterocycles. The fourth-order valence-corrected chi connectivity index (χ4v) is 3.13. The van der Waals surface area contributed by atoms with Gasteiger partial charge in [0.2, 0.25) is 0 Å². The zero-order chi connectivity index (χ0) is 20.5. The van der Waals surface area contributed by atoms with Gasteiger partial charge in [0.15, 0.2) is 17.9 Å². The molecule has 4 unspecified atom stereocenters. The molecule has 0 aliphatic carbocycles. The minimum absolute atomic E-state index is 0.199. The van der Waals surface area contributed by atoms with Gasteiger partial charge in [-0.05, 0) is 61.8 Å². The molecule has 0 bridgehead atoms. The molecule has 2 fully saturated rings. The number of fused-ring (bicyclic) bond motifs is 1. The van der Waals surface area contributed by atoms with Crippen molar-refractivity contribution in [3.8, 4) is 0 Å². The van der Waals surface area contributed by atoms with Gasteiger partial charge >= 0.3 is 0 Å². The van der Waals surface area contributed by atoms with Crippen LogP contribution >= 0.6 is 0 Å². The van der Waals surface area contributed by atoms with Crippen LogP contribution in [0.2, 0.25) is 0 Å². The Hall–Kier alpha value is -0.280. The number of methoxy groups -OCH3 is 1. The highest BCUT2D eigenvalue weighted by atomic mass is 16.8. The highest BCUT2D eigenvalue weighted by Gasteiger charge is 2.56. The summed E-state index contributed by atoms with van der Waals surface area (Å²) in [5, 5.41) is 0. The van der Waals surface area contributed by atoms with Crippen LogP contribution in [0.5, 0.6) is 0 Å². The second-order valence-corrected chi connectivity index (χ2v) is 9.07. The molecule has 0 aromatic carbocycles. The van der Waals surface area contributed by atoms with Crippen molar-refractivity contribution in [2.24, 2.45) is 0 Å². The van der Waals surface area contributed by atoms with Crippen molar-refractivity contribution in [1.29, 1.82) is 0 Å². The van der Waals surface area contributed by atoms with Crippen molar-refractivity contribution in [3.05, 3.63) is 0 Å². The third-order valence-electron chi connectivity index (χ3n) is 4.78. The van der Waals surface area contributed by atoms with Crippen LogP contribution in [0.1, 0.15) is 61.8 Å². The molecule has 7 nitrogen and oxygen atoms in total. The summed E-state index contributed by atoms with van der Waals surface area (Å²) < 4.78 is 41.4. The van der Waals surface area contributed by atoms with E-state index < -0.39 is 23.5 Å². The smallest absolute Gasteiger partial charge is 0.190 e. The van der Waals surface area contributed by atoms with Crippen LogP contribution in [-0.4, -0.2) is 68.2 Å². The van der Waals surface area contributed by atoms with Gasteiger partial charge in [-0.25, -0.2) is 0 Å². The molecule has 2 aliphatic rings. The molecule has 4 atom stereocenters. The Bertz CT molecular complexity index is 475. The van der Waals surface area contributed by atoms with Crippen LogP contribution in [0.3, 0.4) is 0 Å². The summed E-state index contributed by atoms with van der Waals surface area (Å²) in [7, 11) is 1.62. The first kappa shape index (κ1) is 23.0. The van der Waals surface area contributed by atoms with Crippen molar-refractivity contribution in [1.82, 2.24) is 0 Å². The average Bonchev–Trinajstić information content (AvgIpc) is 2.97. The quantitative estimate of drug-likeness (QED) is 0.531. The van der Waals surface area contributed by atoms with Crippen LogP contribution in [-0.2, 0) is 33.2 Å². The summed E-state index contributed by atoms with van der Waals surface area (Å²) in [5.74, 6) is -1.40. The van der Waals surface area contributed by atoms with E-state index in [2.05, 4.69) is 13.8 Å². The van der Waals surface area contributed by atoms with Gasteiger partial charge in [0.1, 0.15) is 18.3 Å². The SMILES string of the molecule is COC(C)(C)OCC1OC2OC(C)(C)OC2C1OC(C)(C)CCOC(C)C. The third-order valence-corrected chi connectivity index (χ3v) is 4.78. The summed E-state index contributed by atoms with van der Waals surface area (Å²) >= 11 is 0. The topological polar surface area (TPSA) is 64.6 Å². The van der Waals surface area contributed by atoms with E-state index in [-0.39, 0.29) is 24.4 Å². The zero-order valence-corrected chi connectivity index (χ0v) is 18.4. The number of hydrogen-bond donors (Lipinski definition) is 0. The van der Waals surface area contributed by atoms with Crippen LogP contribution in [0.4, 0.5) is 0 Å². The second kappa shape index (κ2) is 8.61. The van der Waals surface area contributed by atoms with E-state index in [0.29, 0.717) is 13.2 Å². The molecule has 2 rings (SSSR count). The Morgan fingerprint density at radius 3 is 2.33 bits per heavy atom. The molecule has 0 aromatic rings. The lowest BCUT2D eigenvalue weighted by Gasteiger charge is -2.34. The predicted molar refractivity (Wildman–Crippen MR) is 100 cm³/mol. The fraction of sp³-hybridized carbons (Fsp3) is 1.00. The van der Waals surface area contributed by atoms with E-state index in [1.54, 1.807) is 7.11 Å². The summed E-state index contributed by atoms with van der Waals surface area (Å²) in [6, 6.07) is 0. The predicted octanol–water partition coefficient (Wildman–Crippen LogP) is 3.24. The summed E-state index contributed by atoms with van der Waals surface area (Å²) in [6.45, 7) is 16.6. The van der Waals surface area contributed by atoms with E-state index in [1.807, 2.05) is 41.5 Å². The highest BCUT2D eigenvalue weighted by molar-refractivity contribution is 4.95. The third kappa shape index (κ3) is 6.63. The Morgan fingerprint density at radius 1 is 1.07 bits per heavy atom. The minimum Gasteiger partial charge on any atom is -0.379 e. The molecule has 0 N–H and O–H groups in total. The Kier molecular flexibility index (Phi) is 7.34. The van der Waals surface area contributed by atoms with Gasteiger partial charge in [0.25, 0.3) is 0 Å². The average molecular weight is 391 g/mol. The lowest BCUT2D eigenvalue weighted by atomic mass is 10.0. The highest BCUT2D eigenvalue weighted by Crippen LogP contribution is 2.40. The normalized spacial score (nSPS) is 30.9. The van der Waals surface area contributed by atoms with E-state index in [9.17, 15) is 0 Å². The van der Waals surface area contributed by atoms with Gasteiger partial charge in [-0.3, -0.25) is 0 Å². The Labute approximate surface area is 163 Å². The van der Waals surface area contributed by atoms with Crippen molar-refractivity contribution < 1.29 is 33.2 Å². The molecule has 0 radical (unpaired) electrons.